The maximum atomic E-state index is 13.0. The Balaban J connectivity index is 2.26. The number of nitrogens with zero attached hydrogens (tertiary/aromatic N) is 2. The fraction of sp³-hybridized carbons (Fsp3) is 0.231. The van der Waals surface area contributed by atoms with Gasteiger partial charge in [-0.2, -0.15) is 0 Å². The molecule has 0 atom stereocenters. The number of benzene rings is 1. The molecule has 0 N–H and O–H groups in total. The van der Waals surface area contributed by atoms with Crippen LogP contribution < -0.4 is 16.0 Å². The lowest BCUT2D eigenvalue weighted by Crippen LogP contribution is -2.38. The molecular formula is C13H13FN2O3. The second-order valence-corrected chi connectivity index (χ2v) is 4.12. The first-order chi connectivity index (χ1) is 8.99. The Bertz CT molecular complexity index is 719. The molecule has 0 fully saturated rings. The molecule has 0 radical (unpaired) electrons. The molecule has 5 nitrogen and oxygen atoms in total. The number of hydrogen-bond donors (Lipinski definition) is 0. The molecule has 0 aliphatic heterocycles. The lowest BCUT2D eigenvalue weighted by molar-refractivity contribution is 0.292. The van der Waals surface area contributed by atoms with Gasteiger partial charge in [-0.25, -0.2) is 9.18 Å². The van der Waals surface area contributed by atoms with Crippen molar-refractivity contribution in [1.29, 1.82) is 0 Å². The van der Waals surface area contributed by atoms with Gasteiger partial charge in [-0.3, -0.25) is 13.9 Å². The van der Waals surface area contributed by atoms with Gasteiger partial charge in [0, 0.05) is 26.2 Å². The van der Waals surface area contributed by atoms with Gasteiger partial charge < -0.3 is 4.74 Å². The zero-order valence-electron chi connectivity index (χ0n) is 10.6. The first kappa shape index (κ1) is 13.1. The van der Waals surface area contributed by atoms with E-state index in [4.69, 9.17) is 4.74 Å². The smallest absolute Gasteiger partial charge is 0.330 e. The Morgan fingerprint density at radius 1 is 1.16 bits per heavy atom. The van der Waals surface area contributed by atoms with Gasteiger partial charge in [0.2, 0.25) is 0 Å². The van der Waals surface area contributed by atoms with E-state index in [-0.39, 0.29) is 6.61 Å². The molecule has 19 heavy (non-hydrogen) atoms. The molecule has 2 rings (SSSR count). The van der Waals surface area contributed by atoms with E-state index in [9.17, 15) is 14.0 Å². The monoisotopic (exact) mass is 264 g/mol. The molecule has 1 aromatic carbocycles. The number of rotatable bonds is 3. The Kier molecular flexibility index (Phi) is 3.50. The maximum absolute atomic E-state index is 13.0. The molecule has 1 aromatic heterocycles. The lowest BCUT2D eigenvalue weighted by atomic mass is 10.3. The predicted molar refractivity (Wildman–Crippen MR) is 67.7 cm³/mol. The van der Waals surface area contributed by atoms with E-state index in [1.54, 1.807) is 13.1 Å². The first-order valence-corrected chi connectivity index (χ1v) is 5.63. The summed E-state index contributed by atoms with van der Waals surface area (Å²) in [7, 11) is 2.95. The third-order valence-electron chi connectivity index (χ3n) is 2.81. The van der Waals surface area contributed by atoms with Crippen molar-refractivity contribution in [2.75, 3.05) is 0 Å². The van der Waals surface area contributed by atoms with E-state index in [0.717, 1.165) is 4.57 Å². The summed E-state index contributed by atoms with van der Waals surface area (Å²) in [6.07, 6.45) is 0. The quantitative estimate of drug-likeness (QED) is 0.824. The molecular weight excluding hydrogens is 251 g/mol. The van der Waals surface area contributed by atoms with Crippen LogP contribution in [0.1, 0.15) is 5.69 Å². The molecule has 0 saturated heterocycles. The largest absolute Gasteiger partial charge is 0.487 e. The molecule has 0 amide bonds. The van der Waals surface area contributed by atoms with E-state index in [0.29, 0.717) is 11.4 Å². The van der Waals surface area contributed by atoms with Crippen molar-refractivity contribution in [2.45, 2.75) is 6.61 Å². The van der Waals surface area contributed by atoms with Crippen LogP contribution in [0.15, 0.2) is 39.9 Å². The number of aromatic nitrogens is 2. The second-order valence-electron chi connectivity index (χ2n) is 4.12. The molecule has 0 saturated carbocycles. The van der Waals surface area contributed by atoms with Crippen molar-refractivity contribution >= 4 is 0 Å². The van der Waals surface area contributed by atoms with Gasteiger partial charge in [0.05, 0.1) is 5.69 Å². The summed E-state index contributed by atoms with van der Waals surface area (Å²) in [6, 6.07) is 6.98. The average Bonchev–Trinajstić information content (AvgIpc) is 2.39. The van der Waals surface area contributed by atoms with Gasteiger partial charge in [0.25, 0.3) is 5.56 Å². The van der Waals surface area contributed by atoms with E-state index in [1.807, 2.05) is 0 Å². The van der Waals surface area contributed by atoms with Crippen LogP contribution in [0.25, 0.3) is 0 Å². The van der Waals surface area contributed by atoms with Gasteiger partial charge in [0.15, 0.2) is 0 Å². The van der Waals surface area contributed by atoms with E-state index in [2.05, 4.69) is 0 Å². The van der Waals surface area contributed by atoms with Crippen molar-refractivity contribution in [3.63, 3.8) is 0 Å². The van der Waals surface area contributed by atoms with Crippen molar-refractivity contribution in [3.8, 4) is 5.75 Å². The van der Waals surface area contributed by atoms with Crippen molar-refractivity contribution in [3.05, 3.63) is 62.7 Å². The summed E-state index contributed by atoms with van der Waals surface area (Å²) in [4.78, 5) is 23.2. The maximum Gasteiger partial charge on any atom is 0.330 e. The van der Waals surface area contributed by atoms with E-state index in [1.165, 1.54) is 35.9 Å². The van der Waals surface area contributed by atoms with Crippen LogP contribution in [0.3, 0.4) is 0 Å². The lowest BCUT2D eigenvalue weighted by Gasteiger charge is -2.10. The standard InChI is InChI=1S/C13H13FN2O3/c1-15-10(7-12(17)16(2)13(15)18)8-19-11-5-3-4-9(14)6-11/h3-7H,8H2,1-2H3. The Morgan fingerprint density at radius 2 is 1.89 bits per heavy atom. The van der Waals surface area contributed by atoms with Crippen molar-refractivity contribution in [1.82, 2.24) is 9.13 Å². The Labute approximate surface area is 108 Å². The minimum Gasteiger partial charge on any atom is -0.487 e. The highest BCUT2D eigenvalue weighted by Gasteiger charge is 2.06. The number of halogens is 1. The summed E-state index contributed by atoms with van der Waals surface area (Å²) in [5, 5.41) is 0. The fourth-order valence-electron chi connectivity index (χ4n) is 1.63. The second kappa shape index (κ2) is 5.09. The zero-order valence-corrected chi connectivity index (χ0v) is 10.6. The van der Waals surface area contributed by atoms with Gasteiger partial charge in [-0.15, -0.1) is 0 Å². The van der Waals surface area contributed by atoms with Crippen LogP contribution in [0, 0.1) is 5.82 Å². The van der Waals surface area contributed by atoms with Gasteiger partial charge in [-0.05, 0) is 12.1 Å². The topological polar surface area (TPSA) is 53.2 Å². The molecule has 2 aromatic rings. The summed E-state index contributed by atoms with van der Waals surface area (Å²) in [5.41, 5.74) is -0.399. The summed E-state index contributed by atoms with van der Waals surface area (Å²) in [5.74, 6) is -0.0662. The van der Waals surface area contributed by atoms with Crippen LogP contribution in [0.2, 0.25) is 0 Å². The molecule has 1 heterocycles. The van der Waals surface area contributed by atoms with Crippen LogP contribution in [-0.2, 0) is 20.7 Å². The molecule has 0 spiro atoms. The van der Waals surface area contributed by atoms with Crippen molar-refractivity contribution in [2.24, 2.45) is 14.1 Å². The van der Waals surface area contributed by atoms with Gasteiger partial charge >= 0.3 is 5.69 Å². The number of ether oxygens (including phenoxy) is 1. The SMILES string of the molecule is Cn1c(COc2cccc(F)c2)cc(=O)n(C)c1=O. The first-order valence-electron chi connectivity index (χ1n) is 5.63. The highest BCUT2D eigenvalue weighted by molar-refractivity contribution is 5.22. The van der Waals surface area contributed by atoms with Gasteiger partial charge in [-0.1, -0.05) is 6.07 Å². The Hall–Kier alpha value is -2.37. The normalized spacial score (nSPS) is 10.5. The minimum atomic E-state index is -0.426. The summed E-state index contributed by atoms with van der Waals surface area (Å²) >= 11 is 0. The highest BCUT2D eigenvalue weighted by atomic mass is 19.1. The van der Waals surface area contributed by atoms with E-state index < -0.39 is 17.1 Å². The summed E-state index contributed by atoms with van der Waals surface area (Å²) < 4.78 is 20.6. The molecule has 0 unspecified atom stereocenters. The van der Waals surface area contributed by atoms with Crippen molar-refractivity contribution < 1.29 is 9.13 Å². The average molecular weight is 264 g/mol. The molecule has 0 bridgehead atoms. The Morgan fingerprint density at radius 3 is 2.58 bits per heavy atom. The van der Waals surface area contributed by atoms with Crippen LogP contribution >= 0.6 is 0 Å². The molecule has 6 heteroatoms. The minimum absolute atomic E-state index is 0.0191. The summed E-state index contributed by atoms with van der Waals surface area (Å²) in [6.45, 7) is 0.0191. The number of hydrogen-bond acceptors (Lipinski definition) is 3. The molecule has 0 aliphatic carbocycles. The van der Waals surface area contributed by atoms with Crippen LogP contribution in [0.5, 0.6) is 5.75 Å². The van der Waals surface area contributed by atoms with Crippen LogP contribution in [0.4, 0.5) is 4.39 Å². The fourth-order valence-corrected chi connectivity index (χ4v) is 1.63. The third kappa shape index (κ3) is 2.73. The zero-order chi connectivity index (χ0) is 14.0. The van der Waals surface area contributed by atoms with E-state index >= 15 is 0 Å². The third-order valence-corrected chi connectivity index (χ3v) is 2.81. The predicted octanol–water partition coefficient (Wildman–Crippen LogP) is 0.802. The van der Waals surface area contributed by atoms with Gasteiger partial charge in [0.1, 0.15) is 18.2 Å². The van der Waals surface area contributed by atoms with Crippen LogP contribution in [-0.4, -0.2) is 9.13 Å². The highest BCUT2D eigenvalue weighted by Crippen LogP contribution is 2.13. The molecule has 100 valence electrons. The molecule has 0 aliphatic rings.